The monoisotopic (exact) mass is 236 g/mol. The lowest BCUT2D eigenvalue weighted by molar-refractivity contribution is -0.146. The Labute approximate surface area is 99.9 Å². The number of carboxylic acids is 1. The number of hydrogen-bond acceptors (Lipinski definition) is 3. The Morgan fingerprint density at radius 1 is 1.35 bits per heavy atom. The molecule has 1 amide bonds. The van der Waals surface area contributed by atoms with E-state index in [-0.39, 0.29) is 12.3 Å². The molecule has 0 fully saturated rings. The van der Waals surface area contributed by atoms with Crippen molar-refractivity contribution in [2.45, 2.75) is 32.2 Å². The Morgan fingerprint density at radius 3 is 2.47 bits per heavy atom. The van der Waals surface area contributed by atoms with Gasteiger partial charge in [-0.15, -0.1) is 0 Å². The summed E-state index contributed by atoms with van der Waals surface area (Å²) in [6, 6.07) is 3.66. The highest BCUT2D eigenvalue weighted by molar-refractivity contribution is 5.86. The first-order chi connectivity index (χ1) is 7.92. The third-order valence-corrected chi connectivity index (χ3v) is 2.38. The maximum Gasteiger partial charge on any atom is 0.328 e. The van der Waals surface area contributed by atoms with Crippen LogP contribution in [-0.4, -0.2) is 27.5 Å². The number of aliphatic carboxylic acids is 1. The van der Waals surface area contributed by atoms with Crippen LogP contribution in [0.5, 0.6) is 0 Å². The Morgan fingerprint density at radius 2 is 1.94 bits per heavy atom. The molecule has 0 aliphatic rings. The first-order valence-electron chi connectivity index (χ1n) is 5.35. The highest BCUT2D eigenvalue weighted by atomic mass is 16.4. The maximum absolute atomic E-state index is 11.5. The molecule has 0 atom stereocenters. The van der Waals surface area contributed by atoms with Crippen molar-refractivity contribution in [2.24, 2.45) is 0 Å². The molecule has 0 aliphatic carbocycles. The van der Waals surface area contributed by atoms with Gasteiger partial charge in [-0.05, 0) is 38.0 Å². The molecule has 0 radical (unpaired) electrons. The van der Waals surface area contributed by atoms with Crippen molar-refractivity contribution < 1.29 is 14.7 Å². The quantitative estimate of drug-likeness (QED) is 0.799. The minimum absolute atomic E-state index is 0.265. The van der Waals surface area contributed by atoms with Gasteiger partial charge in [0, 0.05) is 18.8 Å². The molecule has 0 bridgehead atoms. The zero-order valence-electron chi connectivity index (χ0n) is 9.93. The molecule has 1 heterocycles. The Bertz CT molecular complexity index is 401. The second kappa shape index (κ2) is 5.43. The summed E-state index contributed by atoms with van der Waals surface area (Å²) in [6.45, 7) is 2.92. The zero-order chi connectivity index (χ0) is 12.9. The van der Waals surface area contributed by atoms with E-state index >= 15 is 0 Å². The van der Waals surface area contributed by atoms with Gasteiger partial charge in [0.05, 0.1) is 0 Å². The summed E-state index contributed by atoms with van der Waals surface area (Å²) in [4.78, 5) is 26.2. The van der Waals surface area contributed by atoms with Gasteiger partial charge in [-0.1, -0.05) is 0 Å². The average Bonchev–Trinajstić information content (AvgIpc) is 2.27. The van der Waals surface area contributed by atoms with Crippen LogP contribution in [0.15, 0.2) is 24.5 Å². The fourth-order valence-corrected chi connectivity index (χ4v) is 1.27. The number of carbonyl (C=O) groups is 2. The molecule has 0 aliphatic heterocycles. The predicted octanol–water partition coefficient (Wildman–Crippen LogP) is 0.994. The van der Waals surface area contributed by atoms with E-state index in [0.717, 1.165) is 5.56 Å². The van der Waals surface area contributed by atoms with Gasteiger partial charge < -0.3 is 10.4 Å². The fourth-order valence-electron chi connectivity index (χ4n) is 1.27. The van der Waals surface area contributed by atoms with E-state index in [2.05, 4.69) is 10.3 Å². The van der Waals surface area contributed by atoms with Gasteiger partial charge in [-0.25, -0.2) is 4.79 Å². The van der Waals surface area contributed by atoms with E-state index in [0.29, 0.717) is 6.42 Å². The molecule has 17 heavy (non-hydrogen) atoms. The van der Waals surface area contributed by atoms with Crippen molar-refractivity contribution >= 4 is 11.9 Å². The van der Waals surface area contributed by atoms with Crippen LogP contribution in [0, 0.1) is 0 Å². The van der Waals surface area contributed by atoms with E-state index in [1.807, 2.05) is 12.1 Å². The van der Waals surface area contributed by atoms with Crippen LogP contribution in [0.3, 0.4) is 0 Å². The van der Waals surface area contributed by atoms with Crippen LogP contribution >= 0.6 is 0 Å². The fraction of sp³-hybridized carbons (Fsp3) is 0.417. The number of pyridine rings is 1. The Kier molecular flexibility index (Phi) is 4.20. The lowest BCUT2D eigenvalue weighted by Crippen LogP contribution is -2.49. The third kappa shape index (κ3) is 4.22. The molecule has 0 aromatic carbocycles. The number of nitrogens with one attached hydrogen (secondary N) is 1. The highest BCUT2D eigenvalue weighted by Gasteiger charge is 2.28. The van der Waals surface area contributed by atoms with Crippen LogP contribution in [0.1, 0.15) is 25.8 Å². The number of aryl methyl sites for hydroxylation is 1. The molecule has 0 unspecified atom stereocenters. The predicted molar refractivity (Wildman–Crippen MR) is 62.4 cm³/mol. The van der Waals surface area contributed by atoms with Gasteiger partial charge in [0.25, 0.3) is 0 Å². The van der Waals surface area contributed by atoms with Gasteiger partial charge in [-0.3, -0.25) is 9.78 Å². The van der Waals surface area contributed by atoms with E-state index < -0.39 is 11.5 Å². The van der Waals surface area contributed by atoms with Crippen molar-refractivity contribution in [1.29, 1.82) is 0 Å². The summed E-state index contributed by atoms with van der Waals surface area (Å²) >= 11 is 0. The summed E-state index contributed by atoms with van der Waals surface area (Å²) in [6.07, 6.45) is 4.16. The van der Waals surface area contributed by atoms with Gasteiger partial charge >= 0.3 is 5.97 Å². The molecule has 1 rings (SSSR count). The average molecular weight is 236 g/mol. The molecule has 1 aromatic heterocycles. The van der Waals surface area contributed by atoms with E-state index in [1.54, 1.807) is 12.4 Å². The summed E-state index contributed by atoms with van der Waals surface area (Å²) in [7, 11) is 0. The molecule has 92 valence electrons. The molecule has 5 heteroatoms. The normalized spacial score (nSPS) is 10.9. The number of nitrogens with zero attached hydrogens (tertiary/aromatic N) is 1. The lowest BCUT2D eigenvalue weighted by atomic mass is 10.1. The second-order valence-corrected chi connectivity index (χ2v) is 4.33. The van der Waals surface area contributed by atoms with E-state index in [9.17, 15) is 9.59 Å². The first kappa shape index (κ1) is 13.2. The number of amides is 1. The van der Waals surface area contributed by atoms with Gasteiger partial charge in [0.2, 0.25) is 5.91 Å². The van der Waals surface area contributed by atoms with Crippen LogP contribution in [-0.2, 0) is 16.0 Å². The van der Waals surface area contributed by atoms with Crippen LogP contribution in [0.4, 0.5) is 0 Å². The highest BCUT2D eigenvalue weighted by Crippen LogP contribution is 2.05. The molecule has 2 N–H and O–H groups in total. The molecule has 1 aromatic rings. The number of carboxylic acid groups (broad SMARTS) is 1. The zero-order valence-corrected chi connectivity index (χ0v) is 9.93. The summed E-state index contributed by atoms with van der Waals surface area (Å²) < 4.78 is 0. The molecular weight excluding hydrogens is 220 g/mol. The summed E-state index contributed by atoms with van der Waals surface area (Å²) in [5, 5.41) is 11.3. The summed E-state index contributed by atoms with van der Waals surface area (Å²) in [5.41, 5.74) is -0.224. The van der Waals surface area contributed by atoms with Crippen LogP contribution < -0.4 is 5.32 Å². The van der Waals surface area contributed by atoms with Crippen molar-refractivity contribution in [2.75, 3.05) is 0 Å². The lowest BCUT2D eigenvalue weighted by Gasteiger charge is -2.20. The van der Waals surface area contributed by atoms with Gasteiger partial charge in [0.15, 0.2) is 0 Å². The minimum atomic E-state index is -1.23. The van der Waals surface area contributed by atoms with Crippen molar-refractivity contribution in [3.8, 4) is 0 Å². The SMILES string of the molecule is CC(C)(NC(=O)CCc1ccncc1)C(=O)O. The van der Waals surface area contributed by atoms with E-state index in [4.69, 9.17) is 5.11 Å². The van der Waals surface area contributed by atoms with Crippen molar-refractivity contribution in [1.82, 2.24) is 10.3 Å². The maximum atomic E-state index is 11.5. The van der Waals surface area contributed by atoms with Gasteiger partial charge in [-0.2, -0.15) is 0 Å². The van der Waals surface area contributed by atoms with Crippen LogP contribution in [0.25, 0.3) is 0 Å². The molecular formula is C12H16N2O3. The minimum Gasteiger partial charge on any atom is -0.480 e. The molecule has 0 spiro atoms. The number of aromatic nitrogens is 1. The van der Waals surface area contributed by atoms with Gasteiger partial charge in [0.1, 0.15) is 5.54 Å². The first-order valence-corrected chi connectivity index (χ1v) is 5.35. The topological polar surface area (TPSA) is 79.3 Å². The van der Waals surface area contributed by atoms with Crippen LogP contribution in [0.2, 0.25) is 0 Å². The van der Waals surface area contributed by atoms with Crippen molar-refractivity contribution in [3.05, 3.63) is 30.1 Å². The van der Waals surface area contributed by atoms with Crippen molar-refractivity contribution in [3.63, 3.8) is 0 Å². The number of hydrogen-bond donors (Lipinski definition) is 2. The number of carbonyl (C=O) groups excluding carboxylic acids is 1. The summed E-state index contributed by atoms with van der Waals surface area (Å²) in [5.74, 6) is -1.32. The molecule has 0 saturated carbocycles. The third-order valence-electron chi connectivity index (χ3n) is 2.38. The smallest absolute Gasteiger partial charge is 0.328 e. The van der Waals surface area contributed by atoms with E-state index in [1.165, 1.54) is 13.8 Å². The number of rotatable bonds is 5. The molecule has 0 saturated heterocycles. The largest absolute Gasteiger partial charge is 0.480 e. The Balaban J connectivity index is 2.44. The Hall–Kier alpha value is -1.91. The second-order valence-electron chi connectivity index (χ2n) is 4.33. The molecule has 5 nitrogen and oxygen atoms in total. The standard InChI is InChI=1S/C12H16N2O3/c1-12(2,11(16)17)14-10(15)4-3-9-5-7-13-8-6-9/h5-8H,3-4H2,1-2H3,(H,14,15)(H,16,17).